The molecule has 4 rings (SSSR count). The maximum absolute atomic E-state index is 12.7. The molecule has 0 N–H and O–H groups in total. The minimum atomic E-state index is -2.94. The van der Waals surface area contributed by atoms with Gasteiger partial charge in [0, 0.05) is 18.1 Å². The Morgan fingerprint density at radius 3 is 2.25 bits per heavy atom. The van der Waals surface area contributed by atoms with Gasteiger partial charge in [-0.2, -0.15) is 0 Å². The quantitative estimate of drug-likeness (QED) is 0.784. The number of rotatable bonds is 5. The van der Waals surface area contributed by atoms with E-state index < -0.39 is 9.84 Å². The van der Waals surface area contributed by atoms with Gasteiger partial charge in [0.25, 0.3) is 0 Å². The number of hydrogen-bond donors (Lipinski definition) is 0. The molecule has 4 aliphatic carbocycles. The third-order valence-corrected chi connectivity index (χ3v) is 6.89. The highest BCUT2D eigenvalue weighted by atomic mass is 32.2. The van der Waals surface area contributed by atoms with Crippen molar-refractivity contribution >= 4 is 15.6 Å². The number of sulfone groups is 1. The van der Waals surface area contributed by atoms with Gasteiger partial charge in [0.2, 0.25) is 0 Å². The summed E-state index contributed by atoms with van der Waals surface area (Å²) in [6.07, 6.45) is 9.38. The molecule has 2 atom stereocenters. The van der Waals surface area contributed by atoms with E-state index in [0.717, 1.165) is 31.1 Å². The van der Waals surface area contributed by atoms with Crippen molar-refractivity contribution in [3.63, 3.8) is 0 Å². The van der Waals surface area contributed by atoms with Crippen LogP contribution in [0.15, 0.2) is 0 Å². The molecule has 4 bridgehead atoms. The third-order valence-electron chi connectivity index (χ3n) is 5.86. The fourth-order valence-electron chi connectivity index (χ4n) is 5.81. The van der Waals surface area contributed by atoms with Gasteiger partial charge in [0.15, 0.2) is 0 Å². The van der Waals surface area contributed by atoms with Gasteiger partial charge in [0.1, 0.15) is 15.6 Å². The maximum Gasteiger partial charge on any atom is 0.147 e. The van der Waals surface area contributed by atoms with Crippen molar-refractivity contribution in [1.82, 2.24) is 0 Å². The number of carbonyl (C=O) groups excluding carboxylic acids is 1. The normalized spacial score (nSPS) is 42.9. The molecular weight excluding hydrogens is 272 g/mol. The number of ketones is 1. The summed E-state index contributed by atoms with van der Waals surface area (Å²) in [7, 11) is -2.94. The third kappa shape index (κ3) is 2.68. The second-order valence-corrected chi connectivity index (χ2v) is 10.5. The lowest BCUT2D eigenvalue weighted by atomic mass is 9.43. The number of carbonyl (C=O) groups is 1. The molecular formula is C16H26O3S. The summed E-state index contributed by atoms with van der Waals surface area (Å²) in [5, 5.41) is 0. The lowest BCUT2D eigenvalue weighted by Crippen LogP contribution is -2.54. The molecule has 0 aromatic rings. The first-order valence-electron chi connectivity index (χ1n) is 7.91. The van der Waals surface area contributed by atoms with Crippen molar-refractivity contribution in [2.24, 2.45) is 22.7 Å². The minimum absolute atomic E-state index is 0.0870. The first-order valence-corrected chi connectivity index (χ1v) is 9.97. The molecule has 20 heavy (non-hydrogen) atoms. The zero-order valence-electron chi connectivity index (χ0n) is 12.7. The molecule has 0 aliphatic heterocycles. The highest BCUT2D eigenvalue weighted by Gasteiger charge is 2.58. The monoisotopic (exact) mass is 298 g/mol. The summed E-state index contributed by atoms with van der Waals surface area (Å²) in [6, 6.07) is 0. The van der Waals surface area contributed by atoms with E-state index in [4.69, 9.17) is 0 Å². The zero-order valence-corrected chi connectivity index (χ0v) is 13.5. The van der Waals surface area contributed by atoms with Gasteiger partial charge in [-0.25, -0.2) is 8.42 Å². The highest BCUT2D eigenvalue weighted by Crippen LogP contribution is 2.65. The Bertz CT molecular complexity index is 506. The summed E-state index contributed by atoms with van der Waals surface area (Å²) < 4.78 is 22.4. The molecule has 4 fully saturated rings. The largest absolute Gasteiger partial charge is 0.299 e. The lowest BCUT2D eigenvalue weighted by molar-refractivity contribution is -0.153. The van der Waals surface area contributed by atoms with Crippen LogP contribution in [0.5, 0.6) is 0 Å². The Labute approximate surface area is 122 Å². The molecule has 0 radical (unpaired) electrons. The fraction of sp³-hybridized carbons (Fsp3) is 0.938. The Balaban J connectivity index is 1.68. The fourth-order valence-corrected chi connectivity index (χ4v) is 6.48. The average Bonchev–Trinajstić information content (AvgIpc) is 2.23. The highest BCUT2D eigenvalue weighted by molar-refractivity contribution is 7.90. The van der Waals surface area contributed by atoms with Crippen molar-refractivity contribution in [3.05, 3.63) is 0 Å². The second-order valence-electron chi connectivity index (χ2n) is 8.21. The Morgan fingerprint density at radius 2 is 1.75 bits per heavy atom. The molecule has 114 valence electrons. The number of Topliss-reactive ketones (excluding diaryl/α,β-unsaturated/α-hetero) is 1. The van der Waals surface area contributed by atoms with Crippen LogP contribution >= 0.6 is 0 Å². The van der Waals surface area contributed by atoms with E-state index in [0.29, 0.717) is 24.0 Å². The van der Waals surface area contributed by atoms with E-state index in [1.54, 1.807) is 0 Å². The van der Waals surface area contributed by atoms with Crippen LogP contribution in [-0.4, -0.2) is 26.2 Å². The summed E-state index contributed by atoms with van der Waals surface area (Å²) in [5.41, 5.74) is 0.299. The molecule has 0 heterocycles. The molecule has 0 amide bonds. The van der Waals surface area contributed by atoms with Crippen molar-refractivity contribution in [1.29, 1.82) is 0 Å². The van der Waals surface area contributed by atoms with Crippen molar-refractivity contribution < 1.29 is 13.2 Å². The molecule has 4 aliphatic rings. The summed E-state index contributed by atoms with van der Waals surface area (Å²) >= 11 is 0. The van der Waals surface area contributed by atoms with Crippen LogP contribution in [0, 0.1) is 22.7 Å². The predicted octanol–water partition coefficient (Wildman–Crippen LogP) is 2.99. The Morgan fingerprint density at radius 1 is 1.15 bits per heavy atom. The molecule has 2 unspecified atom stereocenters. The SMILES string of the molecule is CC12CC3CC(C1)CC(C(=O)CCCS(C)(=O)=O)(C3)C2. The van der Waals surface area contributed by atoms with Crippen LogP contribution in [0.2, 0.25) is 0 Å². The van der Waals surface area contributed by atoms with E-state index in [9.17, 15) is 13.2 Å². The van der Waals surface area contributed by atoms with Crippen LogP contribution in [0.25, 0.3) is 0 Å². The summed E-state index contributed by atoms with van der Waals surface area (Å²) in [6.45, 7) is 2.36. The van der Waals surface area contributed by atoms with Gasteiger partial charge in [-0.05, 0) is 62.2 Å². The smallest absolute Gasteiger partial charge is 0.147 e. The van der Waals surface area contributed by atoms with Gasteiger partial charge in [-0.15, -0.1) is 0 Å². The van der Waals surface area contributed by atoms with Crippen molar-refractivity contribution in [2.75, 3.05) is 12.0 Å². The van der Waals surface area contributed by atoms with Gasteiger partial charge in [-0.1, -0.05) is 6.92 Å². The first kappa shape index (κ1) is 14.6. The maximum atomic E-state index is 12.7. The zero-order chi connectivity index (χ0) is 14.6. The van der Waals surface area contributed by atoms with E-state index >= 15 is 0 Å². The molecule has 0 saturated heterocycles. The van der Waals surface area contributed by atoms with Crippen molar-refractivity contribution in [3.8, 4) is 0 Å². The molecule has 4 saturated carbocycles. The van der Waals surface area contributed by atoms with E-state index in [1.165, 1.54) is 25.5 Å². The minimum Gasteiger partial charge on any atom is -0.299 e. The standard InChI is InChI=1S/C16H26O3S/c1-15-7-12-6-13(8-15)10-16(9-12,11-15)14(17)4-3-5-20(2,18)19/h12-13H,3-11H2,1-2H3. The Kier molecular flexibility index (Phi) is 3.32. The number of hydrogen-bond acceptors (Lipinski definition) is 3. The molecule has 3 nitrogen and oxygen atoms in total. The van der Waals surface area contributed by atoms with Crippen LogP contribution in [0.1, 0.15) is 58.3 Å². The summed E-state index contributed by atoms with van der Waals surface area (Å²) in [4.78, 5) is 12.7. The van der Waals surface area contributed by atoms with E-state index in [-0.39, 0.29) is 11.2 Å². The first-order chi connectivity index (χ1) is 9.20. The van der Waals surface area contributed by atoms with E-state index in [2.05, 4.69) is 6.92 Å². The van der Waals surface area contributed by atoms with Gasteiger partial charge < -0.3 is 0 Å². The van der Waals surface area contributed by atoms with Crippen molar-refractivity contribution in [2.45, 2.75) is 58.3 Å². The van der Waals surface area contributed by atoms with Gasteiger partial charge in [-0.3, -0.25) is 4.79 Å². The summed E-state index contributed by atoms with van der Waals surface area (Å²) in [5.74, 6) is 2.01. The molecule has 0 spiro atoms. The average molecular weight is 298 g/mol. The van der Waals surface area contributed by atoms with Crippen LogP contribution in [-0.2, 0) is 14.6 Å². The predicted molar refractivity (Wildman–Crippen MR) is 79.2 cm³/mol. The van der Waals surface area contributed by atoms with E-state index in [1.807, 2.05) is 0 Å². The molecule has 0 aromatic carbocycles. The topological polar surface area (TPSA) is 51.2 Å². The van der Waals surface area contributed by atoms with Gasteiger partial charge in [0.05, 0.1) is 5.75 Å². The molecule has 4 heteroatoms. The van der Waals surface area contributed by atoms with Crippen LogP contribution < -0.4 is 0 Å². The Hall–Kier alpha value is -0.380. The lowest BCUT2D eigenvalue weighted by Gasteiger charge is -2.60. The molecule has 0 aromatic heterocycles. The van der Waals surface area contributed by atoms with Gasteiger partial charge >= 0.3 is 0 Å². The van der Waals surface area contributed by atoms with Crippen LogP contribution in [0.3, 0.4) is 0 Å². The van der Waals surface area contributed by atoms with Crippen LogP contribution in [0.4, 0.5) is 0 Å². The second kappa shape index (κ2) is 4.56.